The van der Waals surface area contributed by atoms with Gasteiger partial charge < -0.3 is 20.1 Å². The lowest BCUT2D eigenvalue weighted by molar-refractivity contribution is 0.0939. The number of aliphatic hydroxyl groups is 1. The molecule has 1 amide bonds. The van der Waals surface area contributed by atoms with Gasteiger partial charge in [0.1, 0.15) is 5.75 Å². The summed E-state index contributed by atoms with van der Waals surface area (Å²) in [5.74, 6) is 0.641. The van der Waals surface area contributed by atoms with Crippen molar-refractivity contribution in [3.63, 3.8) is 0 Å². The summed E-state index contributed by atoms with van der Waals surface area (Å²) in [6, 6.07) is 11.9. The summed E-state index contributed by atoms with van der Waals surface area (Å²) in [5.41, 5.74) is 5.63. The molecule has 1 fully saturated rings. The summed E-state index contributed by atoms with van der Waals surface area (Å²) in [7, 11) is 3.53. The summed E-state index contributed by atoms with van der Waals surface area (Å²) in [4.78, 5) is 17.9. The molecule has 3 aromatic rings. The van der Waals surface area contributed by atoms with Crippen LogP contribution < -0.4 is 15.0 Å². The Morgan fingerprint density at radius 3 is 2.57 bits per heavy atom. The smallest absolute Gasteiger partial charge is 0.252 e. The van der Waals surface area contributed by atoms with Gasteiger partial charge in [-0.15, -0.1) is 0 Å². The van der Waals surface area contributed by atoms with Crippen molar-refractivity contribution in [2.75, 3.05) is 51.3 Å². The van der Waals surface area contributed by atoms with Crippen LogP contribution in [0.3, 0.4) is 0 Å². The van der Waals surface area contributed by atoms with Gasteiger partial charge in [0.25, 0.3) is 5.91 Å². The van der Waals surface area contributed by atoms with E-state index < -0.39 is 0 Å². The maximum Gasteiger partial charge on any atom is 0.252 e. The van der Waals surface area contributed by atoms with Crippen LogP contribution in [-0.4, -0.2) is 72.1 Å². The molecule has 2 N–H and O–H groups in total. The van der Waals surface area contributed by atoms with Gasteiger partial charge in [0, 0.05) is 62.8 Å². The number of hydrogen-bond acceptors (Lipinski definition) is 6. The zero-order valence-corrected chi connectivity index (χ0v) is 21.0. The van der Waals surface area contributed by atoms with Crippen LogP contribution in [0.15, 0.2) is 48.8 Å². The number of carbonyl (C=O) groups is 1. The van der Waals surface area contributed by atoms with Gasteiger partial charge in [-0.3, -0.25) is 14.4 Å². The number of nitrogens with one attached hydrogen (secondary N) is 1. The lowest BCUT2D eigenvalue weighted by Gasteiger charge is -2.36. The molecule has 0 unspecified atom stereocenters. The van der Waals surface area contributed by atoms with Crippen molar-refractivity contribution in [2.24, 2.45) is 7.05 Å². The van der Waals surface area contributed by atoms with E-state index in [1.807, 2.05) is 57.6 Å². The highest BCUT2D eigenvalue weighted by Crippen LogP contribution is 2.29. The molecule has 1 aromatic heterocycles. The summed E-state index contributed by atoms with van der Waals surface area (Å²) < 4.78 is 7.29. The monoisotopic (exact) mass is 477 g/mol. The van der Waals surface area contributed by atoms with Gasteiger partial charge >= 0.3 is 0 Å². The van der Waals surface area contributed by atoms with E-state index >= 15 is 0 Å². The average Bonchev–Trinajstić information content (AvgIpc) is 3.31. The first kappa shape index (κ1) is 24.8. The molecule has 2 heterocycles. The second kappa shape index (κ2) is 10.9. The standard InChI is InChI=1S/C27H35N5O3/c1-19-5-6-24(32-9-7-31(8-10-32)11-12-33)16-26(19)27(34)29-20(2)21-13-22(15-25(14-21)35-4)23-17-28-30(3)18-23/h5-6,13-18,20,33H,7-12H2,1-4H3,(H,29,34)/t20-/m1/s1. The molecule has 8 nitrogen and oxygen atoms in total. The first-order valence-corrected chi connectivity index (χ1v) is 12.1. The van der Waals surface area contributed by atoms with Gasteiger partial charge in [-0.1, -0.05) is 6.07 Å². The van der Waals surface area contributed by atoms with Crippen molar-refractivity contribution in [1.82, 2.24) is 20.0 Å². The van der Waals surface area contributed by atoms with E-state index in [2.05, 4.69) is 32.3 Å². The molecule has 1 atom stereocenters. The lowest BCUT2D eigenvalue weighted by Crippen LogP contribution is -2.47. The van der Waals surface area contributed by atoms with Crippen LogP contribution in [0.5, 0.6) is 5.75 Å². The summed E-state index contributed by atoms with van der Waals surface area (Å²) >= 11 is 0. The molecule has 8 heteroatoms. The van der Waals surface area contributed by atoms with Crippen molar-refractivity contribution in [3.8, 4) is 16.9 Å². The molecule has 35 heavy (non-hydrogen) atoms. The number of aryl methyl sites for hydroxylation is 2. The highest BCUT2D eigenvalue weighted by molar-refractivity contribution is 5.97. The van der Waals surface area contributed by atoms with Crippen molar-refractivity contribution in [2.45, 2.75) is 19.9 Å². The number of methoxy groups -OCH3 is 1. The number of aromatic nitrogens is 2. The fourth-order valence-electron chi connectivity index (χ4n) is 4.51. The zero-order valence-electron chi connectivity index (χ0n) is 21.0. The van der Waals surface area contributed by atoms with Crippen LogP contribution in [0.4, 0.5) is 5.69 Å². The fourth-order valence-corrected chi connectivity index (χ4v) is 4.51. The molecule has 1 aliphatic rings. The summed E-state index contributed by atoms with van der Waals surface area (Å²) in [6.45, 7) is 8.41. The Balaban J connectivity index is 1.50. The minimum absolute atomic E-state index is 0.0958. The molecule has 0 aliphatic carbocycles. The fraction of sp³-hybridized carbons (Fsp3) is 0.407. The molecule has 2 aromatic carbocycles. The number of hydrogen-bond donors (Lipinski definition) is 2. The maximum atomic E-state index is 13.3. The van der Waals surface area contributed by atoms with Crippen molar-refractivity contribution in [1.29, 1.82) is 0 Å². The topological polar surface area (TPSA) is 82.9 Å². The number of piperazine rings is 1. The molecule has 4 rings (SSSR count). The van der Waals surface area contributed by atoms with E-state index in [-0.39, 0.29) is 18.6 Å². The van der Waals surface area contributed by atoms with Crippen LogP contribution in [-0.2, 0) is 7.05 Å². The van der Waals surface area contributed by atoms with Gasteiger partial charge in [-0.25, -0.2) is 0 Å². The van der Waals surface area contributed by atoms with Crippen LogP contribution in [0.25, 0.3) is 11.1 Å². The van der Waals surface area contributed by atoms with Crippen LogP contribution in [0.1, 0.15) is 34.5 Å². The van der Waals surface area contributed by atoms with E-state index in [1.165, 1.54) is 0 Å². The molecule has 1 saturated heterocycles. The Kier molecular flexibility index (Phi) is 7.73. The van der Waals surface area contributed by atoms with Crippen molar-refractivity contribution in [3.05, 3.63) is 65.5 Å². The third-order valence-corrected chi connectivity index (χ3v) is 6.67. The average molecular weight is 478 g/mol. The van der Waals surface area contributed by atoms with Gasteiger partial charge in [-0.2, -0.15) is 5.10 Å². The normalized spacial score (nSPS) is 15.2. The minimum Gasteiger partial charge on any atom is -0.497 e. The zero-order chi connectivity index (χ0) is 24.9. The van der Waals surface area contributed by atoms with Crippen LogP contribution >= 0.6 is 0 Å². The Bertz CT molecular complexity index is 1170. The van der Waals surface area contributed by atoms with E-state index in [1.54, 1.807) is 11.8 Å². The van der Waals surface area contributed by atoms with E-state index in [0.29, 0.717) is 12.1 Å². The minimum atomic E-state index is -0.210. The first-order valence-electron chi connectivity index (χ1n) is 12.1. The quantitative estimate of drug-likeness (QED) is 0.519. The van der Waals surface area contributed by atoms with Gasteiger partial charge in [-0.05, 0) is 60.9 Å². The molecule has 0 saturated carbocycles. The van der Waals surface area contributed by atoms with Gasteiger partial charge in [0.15, 0.2) is 0 Å². The molecule has 0 bridgehead atoms. The predicted molar refractivity (Wildman–Crippen MR) is 138 cm³/mol. The van der Waals surface area contributed by atoms with Crippen molar-refractivity contribution >= 4 is 11.6 Å². The number of anilines is 1. The number of amides is 1. The number of ether oxygens (including phenoxy) is 1. The number of rotatable bonds is 8. The maximum absolute atomic E-state index is 13.3. The van der Waals surface area contributed by atoms with Crippen molar-refractivity contribution < 1.29 is 14.6 Å². The highest BCUT2D eigenvalue weighted by Gasteiger charge is 2.20. The van der Waals surface area contributed by atoms with E-state index in [4.69, 9.17) is 4.74 Å². The third-order valence-electron chi connectivity index (χ3n) is 6.67. The van der Waals surface area contributed by atoms with Gasteiger partial charge in [0.05, 0.1) is 26.0 Å². The Morgan fingerprint density at radius 1 is 1.14 bits per heavy atom. The summed E-state index contributed by atoms with van der Waals surface area (Å²) in [6.07, 6.45) is 3.78. The predicted octanol–water partition coefficient (Wildman–Crippen LogP) is 3.01. The Labute approximate surface area is 207 Å². The number of aliphatic hydroxyl groups excluding tert-OH is 1. The second-order valence-corrected chi connectivity index (χ2v) is 9.14. The van der Waals surface area contributed by atoms with E-state index in [9.17, 15) is 9.90 Å². The molecule has 1 aliphatic heterocycles. The molecular weight excluding hydrogens is 442 g/mol. The Hall–Kier alpha value is -3.36. The third kappa shape index (κ3) is 5.83. The summed E-state index contributed by atoms with van der Waals surface area (Å²) in [5, 5.41) is 16.6. The number of β-amino-alcohol motifs (C(OH)–C–C–N with tert-alkyl or cyclic N) is 1. The molecule has 0 spiro atoms. The number of carbonyl (C=O) groups excluding carboxylic acids is 1. The van der Waals surface area contributed by atoms with Crippen LogP contribution in [0.2, 0.25) is 0 Å². The Morgan fingerprint density at radius 2 is 1.91 bits per heavy atom. The highest BCUT2D eigenvalue weighted by atomic mass is 16.5. The van der Waals surface area contributed by atoms with Crippen LogP contribution in [0, 0.1) is 6.92 Å². The molecule has 0 radical (unpaired) electrons. The second-order valence-electron chi connectivity index (χ2n) is 9.14. The first-order chi connectivity index (χ1) is 16.9. The molecule has 186 valence electrons. The van der Waals surface area contributed by atoms with Gasteiger partial charge in [0.2, 0.25) is 0 Å². The largest absolute Gasteiger partial charge is 0.497 e. The van der Waals surface area contributed by atoms with E-state index in [0.717, 1.165) is 59.9 Å². The lowest BCUT2D eigenvalue weighted by atomic mass is 10.0. The number of nitrogens with zero attached hydrogens (tertiary/aromatic N) is 4. The SMILES string of the molecule is COc1cc(-c2cnn(C)c2)cc([C@@H](C)NC(=O)c2cc(N3CCN(CCO)CC3)ccc2C)c1. The number of benzene rings is 2. The molecular formula is C27H35N5O3.